The Morgan fingerprint density at radius 2 is 2.29 bits per heavy atom. The second-order valence-electron chi connectivity index (χ2n) is 5.49. The van der Waals surface area contributed by atoms with Gasteiger partial charge in [0.2, 0.25) is 0 Å². The molecule has 0 bridgehead atoms. The third-order valence-electron chi connectivity index (χ3n) is 3.94. The highest BCUT2D eigenvalue weighted by Gasteiger charge is 2.36. The van der Waals surface area contributed by atoms with Crippen LogP contribution in [0.1, 0.15) is 46.5 Å². The molecular formula is C14H24O3. The first-order chi connectivity index (χ1) is 7.98. The molecule has 0 spiro atoms. The first kappa shape index (κ1) is 14.1. The highest BCUT2D eigenvalue weighted by atomic mass is 16.7. The highest BCUT2D eigenvalue weighted by Crippen LogP contribution is 2.42. The van der Waals surface area contributed by atoms with Gasteiger partial charge >= 0.3 is 6.16 Å². The molecule has 0 N–H and O–H groups in total. The van der Waals surface area contributed by atoms with Gasteiger partial charge in [0.1, 0.15) is 12.7 Å². The number of carbonyl (C=O) groups excluding carboxylic acids is 1. The Bertz CT molecular complexity index is 273. The molecule has 17 heavy (non-hydrogen) atoms. The molecule has 1 aliphatic rings. The van der Waals surface area contributed by atoms with Crippen molar-refractivity contribution in [1.82, 2.24) is 0 Å². The van der Waals surface area contributed by atoms with Crippen LogP contribution in [0.15, 0.2) is 12.7 Å². The summed E-state index contributed by atoms with van der Waals surface area (Å²) in [6.45, 7) is 10.5. The van der Waals surface area contributed by atoms with Gasteiger partial charge in [-0.1, -0.05) is 33.4 Å². The molecule has 1 saturated carbocycles. The molecule has 0 aromatic heterocycles. The van der Waals surface area contributed by atoms with Crippen LogP contribution >= 0.6 is 0 Å². The van der Waals surface area contributed by atoms with Crippen LogP contribution < -0.4 is 0 Å². The minimum absolute atomic E-state index is 0.00784. The molecule has 0 aromatic carbocycles. The fourth-order valence-electron chi connectivity index (χ4n) is 2.38. The first-order valence-corrected chi connectivity index (χ1v) is 6.42. The minimum atomic E-state index is -0.567. The molecule has 0 heterocycles. The molecule has 3 heteroatoms. The molecule has 2 atom stereocenters. The molecule has 1 fully saturated rings. The number of rotatable bonds is 4. The Balaban J connectivity index is 2.44. The van der Waals surface area contributed by atoms with Gasteiger partial charge in [0.15, 0.2) is 0 Å². The van der Waals surface area contributed by atoms with Gasteiger partial charge in [0.25, 0.3) is 0 Å². The molecule has 0 saturated heterocycles. The van der Waals surface area contributed by atoms with E-state index in [9.17, 15) is 4.79 Å². The van der Waals surface area contributed by atoms with E-state index in [4.69, 9.17) is 9.47 Å². The van der Waals surface area contributed by atoms with E-state index in [1.165, 1.54) is 6.42 Å². The molecular weight excluding hydrogens is 216 g/mol. The SMILES string of the molecule is C=CCOC(=O)OC1CCCC(C)(C(C)C)C1. The zero-order valence-electron chi connectivity index (χ0n) is 11.2. The molecule has 0 amide bonds. The standard InChI is InChI=1S/C14H24O3/c1-5-9-16-13(15)17-12-7-6-8-14(4,10-12)11(2)3/h5,11-12H,1,6-10H2,2-4H3. The van der Waals surface area contributed by atoms with Gasteiger partial charge < -0.3 is 9.47 Å². The second-order valence-corrected chi connectivity index (χ2v) is 5.49. The number of ether oxygens (including phenoxy) is 2. The lowest BCUT2D eigenvalue weighted by Gasteiger charge is -2.40. The van der Waals surface area contributed by atoms with E-state index < -0.39 is 6.16 Å². The zero-order chi connectivity index (χ0) is 12.9. The Kier molecular flexibility index (Phi) is 5.03. The summed E-state index contributed by atoms with van der Waals surface area (Å²) >= 11 is 0. The van der Waals surface area contributed by atoms with Gasteiger partial charge in [-0.15, -0.1) is 0 Å². The van der Waals surface area contributed by atoms with Gasteiger partial charge in [-0.25, -0.2) is 4.79 Å². The average molecular weight is 240 g/mol. The average Bonchev–Trinajstić information content (AvgIpc) is 2.26. The van der Waals surface area contributed by atoms with Gasteiger partial charge in [0, 0.05) is 0 Å². The van der Waals surface area contributed by atoms with Gasteiger partial charge in [0.05, 0.1) is 0 Å². The largest absolute Gasteiger partial charge is 0.508 e. The van der Waals surface area contributed by atoms with E-state index in [0.717, 1.165) is 19.3 Å². The Hall–Kier alpha value is -0.990. The number of hydrogen-bond donors (Lipinski definition) is 0. The number of hydrogen-bond acceptors (Lipinski definition) is 3. The van der Waals surface area contributed by atoms with Crippen molar-refractivity contribution in [3.8, 4) is 0 Å². The monoisotopic (exact) mass is 240 g/mol. The topological polar surface area (TPSA) is 35.5 Å². The van der Waals surface area contributed by atoms with E-state index in [-0.39, 0.29) is 18.1 Å². The zero-order valence-corrected chi connectivity index (χ0v) is 11.2. The maximum Gasteiger partial charge on any atom is 0.508 e. The van der Waals surface area contributed by atoms with Crippen molar-refractivity contribution in [2.45, 2.75) is 52.6 Å². The van der Waals surface area contributed by atoms with Crippen LogP contribution in [0, 0.1) is 11.3 Å². The smallest absolute Gasteiger partial charge is 0.431 e. The van der Waals surface area contributed by atoms with E-state index in [0.29, 0.717) is 5.92 Å². The lowest BCUT2D eigenvalue weighted by Crippen LogP contribution is -2.35. The third-order valence-corrected chi connectivity index (χ3v) is 3.94. The van der Waals surface area contributed by atoms with Crippen LogP contribution in [-0.2, 0) is 9.47 Å². The summed E-state index contributed by atoms with van der Waals surface area (Å²) in [5, 5.41) is 0. The summed E-state index contributed by atoms with van der Waals surface area (Å²) < 4.78 is 10.2. The van der Waals surface area contributed by atoms with Crippen molar-refractivity contribution < 1.29 is 14.3 Å². The van der Waals surface area contributed by atoms with Crippen LogP contribution in [0.2, 0.25) is 0 Å². The summed E-state index contributed by atoms with van der Waals surface area (Å²) in [7, 11) is 0. The maximum absolute atomic E-state index is 11.4. The van der Waals surface area contributed by atoms with Crippen LogP contribution in [0.3, 0.4) is 0 Å². The van der Waals surface area contributed by atoms with Crippen molar-refractivity contribution in [2.24, 2.45) is 11.3 Å². The van der Waals surface area contributed by atoms with Gasteiger partial charge in [-0.2, -0.15) is 0 Å². The molecule has 0 radical (unpaired) electrons. The fraction of sp³-hybridized carbons (Fsp3) is 0.786. The normalized spacial score (nSPS) is 28.8. The summed E-state index contributed by atoms with van der Waals surface area (Å²) in [6.07, 6.45) is 5.21. The quantitative estimate of drug-likeness (QED) is 0.551. The van der Waals surface area contributed by atoms with Crippen molar-refractivity contribution >= 4 is 6.16 Å². The Morgan fingerprint density at radius 1 is 1.59 bits per heavy atom. The lowest BCUT2D eigenvalue weighted by molar-refractivity contribution is -0.0194. The molecule has 1 rings (SSSR count). The summed E-state index contributed by atoms with van der Waals surface area (Å²) in [6, 6.07) is 0. The maximum atomic E-state index is 11.4. The Morgan fingerprint density at radius 3 is 2.88 bits per heavy atom. The predicted octanol–water partition coefficient (Wildman–Crippen LogP) is 3.93. The summed E-state index contributed by atoms with van der Waals surface area (Å²) in [4.78, 5) is 11.4. The van der Waals surface area contributed by atoms with Crippen molar-refractivity contribution in [3.05, 3.63) is 12.7 Å². The lowest BCUT2D eigenvalue weighted by atomic mass is 9.67. The van der Waals surface area contributed by atoms with E-state index in [1.54, 1.807) is 6.08 Å². The van der Waals surface area contributed by atoms with E-state index in [2.05, 4.69) is 27.4 Å². The van der Waals surface area contributed by atoms with E-state index in [1.807, 2.05) is 0 Å². The van der Waals surface area contributed by atoms with Crippen molar-refractivity contribution in [2.75, 3.05) is 6.61 Å². The minimum Gasteiger partial charge on any atom is -0.431 e. The third kappa shape index (κ3) is 4.06. The van der Waals surface area contributed by atoms with Crippen LogP contribution in [-0.4, -0.2) is 18.9 Å². The molecule has 0 aromatic rings. The molecule has 1 aliphatic carbocycles. The Labute approximate surface area is 104 Å². The van der Waals surface area contributed by atoms with Crippen LogP contribution in [0.25, 0.3) is 0 Å². The van der Waals surface area contributed by atoms with Crippen molar-refractivity contribution in [3.63, 3.8) is 0 Å². The highest BCUT2D eigenvalue weighted by molar-refractivity contribution is 5.60. The summed E-state index contributed by atoms with van der Waals surface area (Å²) in [5.41, 5.74) is 0.279. The van der Waals surface area contributed by atoms with Crippen LogP contribution in [0.4, 0.5) is 4.79 Å². The number of carbonyl (C=O) groups is 1. The summed E-state index contributed by atoms with van der Waals surface area (Å²) in [5.74, 6) is 0.609. The van der Waals surface area contributed by atoms with Crippen LogP contribution in [0.5, 0.6) is 0 Å². The molecule has 3 nitrogen and oxygen atoms in total. The van der Waals surface area contributed by atoms with Crippen molar-refractivity contribution in [1.29, 1.82) is 0 Å². The van der Waals surface area contributed by atoms with Gasteiger partial charge in [-0.3, -0.25) is 0 Å². The molecule has 2 unspecified atom stereocenters. The second kappa shape index (κ2) is 6.08. The fourth-order valence-corrected chi connectivity index (χ4v) is 2.38. The molecule has 98 valence electrons. The first-order valence-electron chi connectivity index (χ1n) is 6.42. The van der Waals surface area contributed by atoms with Gasteiger partial charge in [-0.05, 0) is 37.0 Å². The predicted molar refractivity (Wildman–Crippen MR) is 67.8 cm³/mol. The van der Waals surface area contributed by atoms with E-state index >= 15 is 0 Å². The molecule has 0 aliphatic heterocycles.